The van der Waals surface area contributed by atoms with E-state index in [2.05, 4.69) is 5.32 Å². The molecule has 0 heterocycles. The van der Waals surface area contributed by atoms with Gasteiger partial charge in [-0.1, -0.05) is 31.5 Å². The van der Waals surface area contributed by atoms with Crippen LogP contribution in [0.15, 0.2) is 41.3 Å². The van der Waals surface area contributed by atoms with Gasteiger partial charge >= 0.3 is 5.97 Å². The number of esters is 1. The molecule has 2 rings (SSSR count). The molecular weight excluding hydrogens is 435 g/mol. The highest BCUT2D eigenvalue weighted by Gasteiger charge is 2.26. The SMILES string of the molecule is CCN(CC)S(=O)(=O)c1cc(C(=O)OCC(=O)Nc2ccc(C)c(Cl)c2)ccc1F. The molecule has 0 aliphatic heterocycles. The van der Waals surface area contributed by atoms with Crippen molar-refractivity contribution in [3.8, 4) is 0 Å². The summed E-state index contributed by atoms with van der Waals surface area (Å²) in [5, 5.41) is 3.00. The number of aryl methyl sites for hydroxylation is 1. The molecule has 0 aliphatic rings. The molecule has 0 aromatic heterocycles. The summed E-state index contributed by atoms with van der Waals surface area (Å²) in [6, 6.07) is 7.80. The quantitative estimate of drug-likeness (QED) is 0.612. The Morgan fingerprint density at radius 2 is 1.80 bits per heavy atom. The predicted molar refractivity (Wildman–Crippen MR) is 112 cm³/mol. The van der Waals surface area contributed by atoms with Crippen LogP contribution in [0.4, 0.5) is 10.1 Å². The second-order valence-electron chi connectivity index (χ2n) is 6.32. The number of nitrogens with one attached hydrogen (secondary N) is 1. The molecule has 0 fully saturated rings. The summed E-state index contributed by atoms with van der Waals surface area (Å²) in [4.78, 5) is 23.6. The average molecular weight is 457 g/mol. The number of carbonyl (C=O) groups is 2. The predicted octanol–water partition coefficient (Wildman–Crippen LogP) is 3.61. The summed E-state index contributed by atoms with van der Waals surface area (Å²) in [6.45, 7) is 4.74. The van der Waals surface area contributed by atoms with E-state index in [4.69, 9.17) is 16.3 Å². The standard InChI is InChI=1S/C20H22ClFN2O5S/c1-4-24(5-2)30(27,28)18-10-14(7-9-17(18)22)20(26)29-12-19(25)23-15-8-6-13(3)16(21)11-15/h6-11H,4-5,12H2,1-3H3,(H,23,25). The topological polar surface area (TPSA) is 92.8 Å². The van der Waals surface area contributed by atoms with Gasteiger partial charge in [-0.3, -0.25) is 4.79 Å². The van der Waals surface area contributed by atoms with Crippen molar-refractivity contribution in [3.63, 3.8) is 0 Å². The van der Waals surface area contributed by atoms with Crippen molar-refractivity contribution >= 4 is 39.2 Å². The van der Waals surface area contributed by atoms with Crippen molar-refractivity contribution in [2.75, 3.05) is 25.0 Å². The average Bonchev–Trinajstić information content (AvgIpc) is 2.70. The molecule has 0 aliphatic carbocycles. The van der Waals surface area contributed by atoms with E-state index in [1.165, 1.54) is 0 Å². The van der Waals surface area contributed by atoms with Gasteiger partial charge in [-0.05, 0) is 42.8 Å². The van der Waals surface area contributed by atoms with E-state index in [1.807, 2.05) is 6.92 Å². The molecule has 2 aromatic rings. The van der Waals surface area contributed by atoms with Gasteiger partial charge in [0.2, 0.25) is 10.0 Å². The summed E-state index contributed by atoms with van der Waals surface area (Å²) in [5.41, 5.74) is 1.09. The molecule has 7 nitrogen and oxygen atoms in total. The van der Waals surface area contributed by atoms with Crippen LogP contribution in [0.2, 0.25) is 5.02 Å². The van der Waals surface area contributed by atoms with Crippen molar-refractivity contribution < 1.29 is 27.1 Å². The highest BCUT2D eigenvalue weighted by Crippen LogP contribution is 2.22. The lowest BCUT2D eigenvalue weighted by atomic mass is 10.2. The smallest absolute Gasteiger partial charge is 0.338 e. The van der Waals surface area contributed by atoms with Gasteiger partial charge in [0, 0.05) is 23.8 Å². The van der Waals surface area contributed by atoms with Crippen LogP contribution in [0.1, 0.15) is 29.8 Å². The van der Waals surface area contributed by atoms with Crippen LogP contribution in [0.3, 0.4) is 0 Å². The molecule has 0 spiro atoms. The molecule has 0 saturated carbocycles. The van der Waals surface area contributed by atoms with Crippen LogP contribution < -0.4 is 5.32 Å². The monoisotopic (exact) mass is 456 g/mol. The Morgan fingerprint density at radius 3 is 2.40 bits per heavy atom. The van der Waals surface area contributed by atoms with Crippen molar-refractivity contribution in [1.82, 2.24) is 4.31 Å². The molecule has 0 unspecified atom stereocenters. The molecular formula is C20H22ClFN2O5S. The molecule has 0 saturated heterocycles. The zero-order valence-electron chi connectivity index (χ0n) is 16.7. The highest BCUT2D eigenvalue weighted by molar-refractivity contribution is 7.89. The maximum absolute atomic E-state index is 14.1. The van der Waals surface area contributed by atoms with Crippen LogP contribution >= 0.6 is 11.6 Å². The molecule has 10 heteroatoms. The second-order valence-corrected chi connectivity index (χ2v) is 8.64. The number of benzene rings is 2. The summed E-state index contributed by atoms with van der Waals surface area (Å²) in [5.74, 6) is -2.54. The lowest BCUT2D eigenvalue weighted by Crippen LogP contribution is -2.31. The van der Waals surface area contributed by atoms with Gasteiger partial charge in [-0.15, -0.1) is 0 Å². The number of hydrogen-bond acceptors (Lipinski definition) is 5. The third-order valence-electron chi connectivity index (χ3n) is 4.28. The number of nitrogens with zero attached hydrogens (tertiary/aromatic N) is 1. The number of anilines is 1. The lowest BCUT2D eigenvalue weighted by molar-refractivity contribution is -0.119. The normalized spacial score (nSPS) is 11.4. The van der Waals surface area contributed by atoms with Crippen molar-refractivity contribution in [2.45, 2.75) is 25.7 Å². The van der Waals surface area contributed by atoms with Gasteiger partial charge in [-0.2, -0.15) is 4.31 Å². The van der Waals surface area contributed by atoms with Crippen LogP contribution in [-0.2, 0) is 19.6 Å². The van der Waals surface area contributed by atoms with E-state index in [-0.39, 0.29) is 18.7 Å². The van der Waals surface area contributed by atoms with Gasteiger partial charge in [0.15, 0.2) is 6.61 Å². The minimum absolute atomic E-state index is 0.149. The minimum atomic E-state index is -4.11. The van der Waals surface area contributed by atoms with E-state index in [0.717, 1.165) is 28.1 Å². The largest absolute Gasteiger partial charge is 0.452 e. The van der Waals surface area contributed by atoms with E-state index in [1.54, 1.807) is 32.0 Å². The van der Waals surface area contributed by atoms with E-state index < -0.39 is 39.2 Å². The Bertz CT molecular complexity index is 1060. The van der Waals surface area contributed by atoms with Crippen LogP contribution in [0, 0.1) is 12.7 Å². The summed E-state index contributed by atoms with van der Waals surface area (Å²) >= 11 is 5.99. The highest BCUT2D eigenvalue weighted by atomic mass is 35.5. The molecule has 1 amide bonds. The van der Waals surface area contributed by atoms with Crippen molar-refractivity contribution in [1.29, 1.82) is 0 Å². The van der Waals surface area contributed by atoms with E-state index in [9.17, 15) is 22.4 Å². The Kier molecular flexibility index (Phi) is 7.94. The number of amides is 1. The fourth-order valence-electron chi connectivity index (χ4n) is 2.61. The first-order valence-corrected chi connectivity index (χ1v) is 10.9. The van der Waals surface area contributed by atoms with Crippen molar-refractivity contribution in [2.24, 2.45) is 0 Å². The van der Waals surface area contributed by atoms with Crippen molar-refractivity contribution in [3.05, 3.63) is 58.4 Å². The first-order chi connectivity index (χ1) is 14.1. The Hall–Kier alpha value is -2.49. The Labute approximate surface area is 179 Å². The first-order valence-electron chi connectivity index (χ1n) is 9.13. The zero-order chi connectivity index (χ0) is 22.5. The molecule has 30 heavy (non-hydrogen) atoms. The van der Waals surface area contributed by atoms with Gasteiger partial charge in [-0.25, -0.2) is 17.6 Å². The van der Waals surface area contributed by atoms with Crippen LogP contribution in [0.25, 0.3) is 0 Å². The van der Waals surface area contributed by atoms with E-state index in [0.29, 0.717) is 10.7 Å². The number of rotatable bonds is 8. The number of halogens is 2. The number of carbonyl (C=O) groups excluding carboxylic acids is 2. The zero-order valence-corrected chi connectivity index (χ0v) is 18.3. The number of hydrogen-bond donors (Lipinski definition) is 1. The molecule has 0 radical (unpaired) electrons. The summed E-state index contributed by atoms with van der Waals surface area (Å²) in [6.07, 6.45) is 0. The lowest BCUT2D eigenvalue weighted by Gasteiger charge is -2.19. The molecule has 162 valence electrons. The minimum Gasteiger partial charge on any atom is -0.452 e. The first kappa shape index (κ1) is 23.8. The summed E-state index contributed by atoms with van der Waals surface area (Å²) < 4.78 is 45.3. The molecule has 1 N–H and O–H groups in total. The number of sulfonamides is 1. The summed E-state index contributed by atoms with van der Waals surface area (Å²) in [7, 11) is -4.11. The Morgan fingerprint density at radius 1 is 1.13 bits per heavy atom. The fraction of sp³-hybridized carbons (Fsp3) is 0.300. The van der Waals surface area contributed by atoms with E-state index >= 15 is 0 Å². The molecule has 0 bridgehead atoms. The van der Waals surface area contributed by atoms with Gasteiger partial charge in [0.05, 0.1) is 5.56 Å². The maximum Gasteiger partial charge on any atom is 0.338 e. The Balaban J connectivity index is 2.10. The number of ether oxygens (including phenoxy) is 1. The van der Waals surface area contributed by atoms with Gasteiger partial charge in [0.1, 0.15) is 10.7 Å². The van der Waals surface area contributed by atoms with Gasteiger partial charge in [0.25, 0.3) is 5.91 Å². The third-order valence-corrected chi connectivity index (χ3v) is 6.75. The maximum atomic E-state index is 14.1. The van der Waals surface area contributed by atoms with Crippen LogP contribution in [-0.4, -0.2) is 44.3 Å². The fourth-order valence-corrected chi connectivity index (χ4v) is 4.34. The molecule has 0 atom stereocenters. The van der Waals surface area contributed by atoms with Gasteiger partial charge < -0.3 is 10.1 Å². The second kappa shape index (κ2) is 10.0. The van der Waals surface area contributed by atoms with Crippen LogP contribution in [0.5, 0.6) is 0 Å². The molecule has 2 aromatic carbocycles. The third kappa shape index (κ3) is 5.56.